The molecule has 0 radical (unpaired) electrons. The number of nitrogen functional groups attached to an aromatic ring is 1. The first-order valence-electron chi connectivity index (χ1n) is 5.72. The van der Waals surface area contributed by atoms with Gasteiger partial charge in [-0.2, -0.15) is 0 Å². The lowest BCUT2D eigenvalue weighted by molar-refractivity contribution is 0.415. The lowest BCUT2D eigenvalue weighted by atomic mass is 10.1. The first-order chi connectivity index (χ1) is 9.28. The van der Waals surface area contributed by atoms with Gasteiger partial charge in [0.15, 0.2) is 5.13 Å². The minimum atomic E-state index is 0.592. The van der Waals surface area contributed by atoms with E-state index in [1.54, 1.807) is 18.4 Å². The predicted molar refractivity (Wildman–Crippen MR) is 81.8 cm³/mol. The third-order valence-electron chi connectivity index (χ3n) is 2.75. The first-order valence-corrected chi connectivity index (χ1v) is 7.42. The summed E-state index contributed by atoms with van der Waals surface area (Å²) in [5.74, 6) is 0.838. The Labute approximate surface area is 119 Å². The normalized spacial score (nSPS) is 10.6. The van der Waals surface area contributed by atoms with E-state index in [1.807, 2.05) is 30.3 Å². The summed E-state index contributed by atoms with van der Waals surface area (Å²) in [6, 6.07) is 12.0. The number of nitrogens with two attached hydrogens (primary N) is 1. The van der Waals surface area contributed by atoms with E-state index in [0.717, 1.165) is 21.9 Å². The third kappa shape index (κ3) is 2.34. The molecule has 2 aromatic heterocycles. The second-order valence-electron chi connectivity index (χ2n) is 3.94. The number of anilines is 1. The zero-order chi connectivity index (χ0) is 13.2. The van der Waals surface area contributed by atoms with Crippen LogP contribution in [0, 0.1) is 0 Å². The summed E-state index contributed by atoms with van der Waals surface area (Å²) in [4.78, 5) is 6.77. The topological polar surface area (TPSA) is 48.1 Å². The SMILES string of the molecule is COc1ccc(-c2nc(N)sc2-c2cccs2)cc1. The van der Waals surface area contributed by atoms with Crippen molar-refractivity contribution in [1.82, 2.24) is 4.98 Å². The van der Waals surface area contributed by atoms with Crippen LogP contribution in [0.4, 0.5) is 5.13 Å². The van der Waals surface area contributed by atoms with E-state index in [1.165, 1.54) is 16.2 Å². The lowest BCUT2D eigenvalue weighted by Crippen LogP contribution is -1.85. The fourth-order valence-electron chi connectivity index (χ4n) is 1.86. The van der Waals surface area contributed by atoms with Crippen LogP contribution < -0.4 is 10.5 Å². The Bertz CT molecular complexity index is 672. The van der Waals surface area contributed by atoms with Gasteiger partial charge in [0.2, 0.25) is 0 Å². The zero-order valence-corrected chi connectivity index (χ0v) is 11.9. The number of thiazole rings is 1. The van der Waals surface area contributed by atoms with Crippen molar-refractivity contribution in [3.63, 3.8) is 0 Å². The summed E-state index contributed by atoms with van der Waals surface area (Å²) in [6.45, 7) is 0. The van der Waals surface area contributed by atoms with E-state index >= 15 is 0 Å². The number of rotatable bonds is 3. The van der Waals surface area contributed by atoms with Gasteiger partial charge in [0.1, 0.15) is 5.75 Å². The van der Waals surface area contributed by atoms with Gasteiger partial charge in [-0.1, -0.05) is 17.4 Å². The van der Waals surface area contributed by atoms with E-state index in [2.05, 4.69) is 16.4 Å². The van der Waals surface area contributed by atoms with E-state index in [0.29, 0.717) is 5.13 Å². The highest BCUT2D eigenvalue weighted by Gasteiger charge is 2.14. The molecule has 0 aliphatic heterocycles. The number of aromatic nitrogens is 1. The summed E-state index contributed by atoms with van der Waals surface area (Å²) >= 11 is 3.22. The summed E-state index contributed by atoms with van der Waals surface area (Å²) in [7, 11) is 1.66. The van der Waals surface area contributed by atoms with Crippen molar-refractivity contribution < 1.29 is 4.74 Å². The molecule has 3 aromatic rings. The largest absolute Gasteiger partial charge is 0.497 e. The molecule has 1 aromatic carbocycles. The molecule has 0 saturated carbocycles. The number of thiophene rings is 1. The molecular weight excluding hydrogens is 276 g/mol. The van der Waals surface area contributed by atoms with Crippen molar-refractivity contribution in [2.45, 2.75) is 0 Å². The number of methoxy groups -OCH3 is 1. The van der Waals surface area contributed by atoms with Crippen molar-refractivity contribution in [2.75, 3.05) is 12.8 Å². The number of hydrogen-bond donors (Lipinski definition) is 1. The van der Waals surface area contributed by atoms with Crippen LogP contribution in [0.15, 0.2) is 41.8 Å². The van der Waals surface area contributed by atoms with Crippen LogP contribution in [0.25, 0.3) is 21.0 Å². The van der Waals surface area contributed by atoms with Gasteiger partial charge in [-0.15, -0.1) is 11.3 Å². The second kappa shape index (κ2) is 5.03. The molecule has 0 aliphatic rings. The van der Waals surface area contributed by atoms with E-state index in [9.17, 15) is 0 Å². The van der Waals surface area contributed by atoms with Crippen molar-refractivity contribution in [1.29, 1.82) is 0 Å². The average Bonchev–Trinajstić information content (AvgIpc) is 3.07. The molecule has 0 saturated heterocycles. The van der Waals surface area contributed by atoms with Gasteiger partial charge in [0.25, 0.3) is 0 Å². The van der Waals surface area contributed by atoms with Crippen LogP contribution in [0.5, 0.6) is 5.75 Å². The molecule has 0 unspecified atom stereocenters. The maximum Gasteiger partial charge on any atom is 0.181 e. The Kier molecular flexibility index (Phi) is 3.23. The zero-order valence-electron chi connectivity index (χ0n) is 10.3. The molecule has 2 N–H and O–H groups in total. The second-order valence-corrected chi connectivity index (χ2v) is 5.91. The number of hydrogen-bond acceptors (Lipinski definition) is 5. The fraction of sp³-hybridized carbons (Fsp3) is 0.0714. The highest BCUT2D eigenvalue weighted by molar-refractivity contribution is 7.23. The van der Waals surface area contributed by atoms with Crippen LogP contribution in [-0.2, 0) is 0 Å². The van der Waals surface area contributed by atoms with Crippen molar-refractivity contribution in [3.8, 4) is 26.8 Å². The van der Waals surface area contributed by atoms with Gasteiger partial charge in [0.05, 0.1) is 17.7 Å². The predicted octanol–water partition coefficient (Wildman–Crippen LogP) is 4.13. The molecule has 0 amide bonds. The summed E-state index contributed by atoms with van der Waals surface area (Å²) < 4.78 is 5.17. The molecule has 0 bridgehead atoms. The molecule has 0 aliphatic carbocycles. The molecule has 0 fully saturated rings. The quantitative estimate of drug-likeness (QED) is 0.788. The highest BCUT2D eigenvalue weighted by atomic mass is 32.1. The number of benzene rings is 1. The number of nitrogens with zero attached hydrogens (tertiary/aromatic N) is 1. The summed E-state index contributed by atoms with van der Waals surface area (Å²) in [5.41, 5.74) is 7.86. The van der Waals surface area contributed by atoms with Crippen molar-refractivity contribution in [2.24, 2.45) is 0 Å². The summed E-state index contributed by atoms with van der Waals surface area (Å²) in [6.07, 6.45) is 0. The number of ether oxygens (including phenoxy) is 1. The van der Waals surface area contributed by atoms with E-state index in [-0.39, 0.29) is 0 Å². The average molecular weight is 288 g/mol. The fourth-order valence-corrected chi connectivity index (χ4v) is 3.56. The van der Waals surface area contributed by atoms with Crippen LogP contribution in [0.2, 0.25) is 0 Å². The van der Waals surface area contributed by atoms with Gasteiger partial charge in [0, 0.05) is 10.4 Å². The van der Waals surface area contributed by atoms with Crippen LogP contribution in [0.3, 0.4) is 0 Å². The molecule has 5 heteroatoms. The molecular formula is C14H12N2OS2. The monoisotopic (exact) mass is 288 g/mol. The Morgan fingerprint density at radius 1 is 1.16 bits per heavy atom. The van der Waals surface area contributed by atoms with Gasteiger partial charge < -0.3 is 10.5 Å². The molecule has 96 valence electrons. The molecule has 0 spiro atoms. The minimum Gasteiger partial charge on any atom is -0.497 e. The first kappa shape index (κ1) is 12.2. The Morgan fingerprint density at radius 2 is 1.95 bits per heavy atom. The maximum absolute atomic E-state index is 5.87. The Balaban J connectivity index is 2.09. The molecule has 3 nitrogen and oxygen atoms in total. The summed E-state index contributed by atoms with van der Waals surface area (Å²) in [5, 5.41) is 2.65. The molecule has 2 heterocycles. The van der Waals surface area contributed by atoms with Gasteiger partial charge >= 0.3 is 0 Å². The maximum atomic E-state index is 5.87. The Morgan fingerprint density at radius 3 is 2.58 bits per heavy atom. The van der Waals surface area contributed by atoms with Gasteiger partial charge in [-0.05, 0) is 35.7 Å². The lowest BCUT2D eigenvalue weighted by Gasteiger charge is -2.02. The van der Waals surface area contributed by atoms with Crippen LogP contribution in [-0.4, -0.2) is 12.1 Å². The molecule has 3 rings (SSSR count). The van der Waals surface area contributed by atoms with Crippen LogP contribution >= 0.6 is 22.7 Å². The van der Waals surface area contributed by atoms with Crippen LogP contribution in [0.1, 0.15) is 0 Å². The third-order valence-corrected chi connectivity index (χ3v) is 4.69. The Hall–Kier alpha value is -1.85. The standard InChI is InChI=1S/C14H12N2OS2/c1-17-10-6-4-9(5-7-10)12-13(19-14(15)16-12)11-3-2-8-18-11/h2-8H,1H3,(H2,15,16). The molecule has 0 atom stereocenters. The minimum absolute atomic E-state index is 0.592. The highest BCUT2D eigenvalue weighted by Crippen LogP contribution is 2.40. The van der Waals surface area contributed by atoms with E-state index in [4.69, 9.17) is 10.5 Å². The van der Waals surface area contributed by atoms with Crippen molar-refractivity contribution >= 4 is 27.8 Å². The smallest absolute Gasteiger partial charge is 0.181 e. The van der Waals surface area contributed by atoms with Gasteiger partial charge in [-0.3, -0.25) is 0 Å². The van der Waals surface area contributed by atoms with E-state index < -0.39 is 0 Å². The van der Waals surface area contributed by atoms with Gasteiger partial charge in [-0.25, -0.2) is 4.98 Å². The van der Waals surface area contributed by atoms with Crippen molar-refractivity contribution in [3.05, 3.63) is 41.8 Å². The molecule has 19 heavy (non-hydrogen) atoms.